The number of para-hydroxylation sites is 1. The van der Waals surface area contributed by atoms with Crippen molar-refractivity contribution >= 4 is 11.6 Å². The van der Waals surface area contributed by atoms with Gasteiger partial charge in [-0.2, -0.15) is 0 Å². The summed E-state index contributed by atoms with van der Waals surface area (Å²) in [5, 5.41) is 4.14. The molecule has 0 saturated carbocycles. The summed E-state index contributed by atoms with van der Waals surface area (Å²) in [5.41, 5.74) is 2.22. The summed E-state index contributed by atoms with van der Waals surface area (Å²) < 4.78 is 11.5. The number of fused-ring (bicyclic) bond motifs is 1. The number of halogens is 1. The van der Waals surface area contributed by atoms with E-state index in [0.29, 0.717) is 13.2 Å². The van der Waals surface area contributed by atoms with Crippen molar-refractivity contribution in [1.29, 1.82) is 0 Å². The van der Waals surface area contributed by atoms with Crippen LogP contribution in [0.1, 0.15) is 17.2 Å². The maximum absolute atomic E-state index is 6.27. The Bertz CT molecular complexity index is 630. The highest BCUT2D eigenvalue weighted by atomic mass is 35.5. The zero-order valence-electron chi connectivity index (χ0n) is 11.9. The van der Waals surface area contributed by atoms with Crippen LogP contribution in [0.4, 0.5) is 0 Å². The van der Waals surface area contributed by atoms with Crippen molar-refractivity contribution < 1.29 is 9.47 Å². The van der Waals surface area contributed by atoms with E-state index in [0.717, 1.165) is 34.1 Å². The number of benzene rings is 2. The van der Waals surface area contributed by atoms with Crippen molar-refractivity contribution in [1.82, 2.24) is 5.32 Å². The van der Waals surface area contributed by atoms with E-state index >= 15 is 0 Å². The van der Waals surface area contributed by atoms with Gasteiger partial charge in [0, 0.05) is 16.6 Å². The fourth-order valence-electron chi connectivity index (χ4n) is 2.62. The number of likely N-dealkylation sites (N-methyl/N-ethyl adjacent to an activating group) is 1. The topological polar surface area (TPSA) is 30.5 Å². The number of hydrogen-bond acceptors (Lipinski definition) is 3. The molecular formula is C17H18ClNO2. The van der Waals surface area contributed by atoms with Crippen LogP contribution in [0.5, 0.6) is 11.5 Å². The minimum Gasteiger partial charge on any atom is -0.486 e. The summed E-state index contributed by atoms with van der Waals surface area (Å²) in [7, 11) is 1.95. The first-order valence-electron chi connectivity index (χ1n) is 7.09. The van der Waals surface area contributed by atoms with Crippen LogP contribution in [-0.4, -0.2) is 20.3 Å². The van der Waals surface area contributed by atoms with Crippen molar-refractivity contribution in [2.75, 3.05) is 20.3 Å². The van der Waals surface area contributed by atoms with Gasteiger partial charge in [-0.25, -0.2) is 0 Å². The van der Waals surface area contributed by atoms with Crippen LogP contribution in [0.25, 0.3) is 0 Å². The van der Waals surface area contributed by atoms with Gasteiger partial charge in [-0.05, 0) is 31.2 Å². The Hall–Kier alpha value is -1.71. The minimum atomic E-state index is 0.126. The Morgan fingerprint density at radius 3 is 2.71 bits per heavy atom. The molecule has 1 heterocycles. The van der Waals surface area contributed by atoms with Gasteiger partial charge in [-0.1, -0.05) is 41.9 Å². The quantitative estimate of drug-likeness (QED) is 0.936. The lowest BCUT2D eigenvalue weighted by molar-refractivity contribution is 0.168. The molecule has 0 aliphatic carbocycles. The summed E-state index contributed by atoms with van der Waals surface area (Å²) in [4.78, 5) is 0. The first kappa shape index (κ1) is 14.2. The first-order valence-corrected chi connectivity index (χ1v) is 7.46. The van der Waals surface area contributed by atoms with Crippen LogP contribution in [0.2, 0.25) is 5.02 Å². The van der Waals surface area contributed by atoms with Crippen molar-refractivity contribution in [3.63, 3.8) is 0 Å². The summed E-state index contributed by atoms with van der Waals surface area (Å²) in [6.07, 6.45) is 0.802. The summed E-state index contributed by atoms with van der Waals surface area (Å²) >= 11 is 6.27. The highest BCUT2D eigenvalue weighted by molar-refractivity contribution is 6.31. The molecule has 2 aromatic rings. The number of hydrogen-bond donors (Lipinski definition) is 1. The van der Waals surface area contributed by atoms with Crippen molar-refractivity contribution in [3.8, 4) is 11.5 Å². The molecule has 0 fully saturated rings. The molecule has 110 valence electrons. The largest absolute Gasteiger partial charge is 0.486 e. The lowest BCUT2D eigenvalue weighted by atomic mass is 9.97. The molecule has 3 rings (SSSR count). The molecule has 1 aliphatic heterocycles. The zero-order valence-corrected chi connectivity index (χ0v) is 12.7. The van der Waals surface area contributed by atoms with Crippen molar-refractivity contribution in [2.45, 2.75) is 12.5 Å². The van der Waals surface area contributed by atoms with Gasteiger partial charge >= 0.3 is 0 Å². The predicted molar refractivity (Wildman–Crippen MR) is 84.4 cm³/mol. The molecule has 0 amide bonds. The molecular weight excluding hydrogens is 286 g/mol. The van der Waals surface area contributed by atoms with Gasteiger partial charge in [0.1, 0.15) is 13.2 Å². The molecule has 1 unspecified atom stereocenters. The van der Waals surface area contributed by atoms with Crippen LogP contribution in [0, 0.1) is 0 Å². The molecule has 0 saturated heterocycles. The molecule has 1 N–H and O–H groups in total. The Morgan fingerprint density at radius 2 is 1.90 bits per heavy atom. The molecule has 0 radical (unpaired) electrons. The number of ether oxygens (including phenoxy) is 2. The third kappa shape index (κ3) is 2.99. The van der Waals surface area contributed by atoms with Gasteiger partial charge in [0.2, 0.25) is 0 Å². The summed E-state index contributed by atoms with van der Waals surface area (Å²) in [6, 6.07) is 14.1. The Morgan fingerprint density at radius 1 is 1.10 bits per heavy atom. The summed E-state index contributed by atoms with van der Waals surface area (Å²) in [5.74, 6) is 1.66. The lowest BCUT2D eigenvalue weighted by Gasteiger charge is -2.25. The van der Waals surface area contributed by atoms with E-state index in [1.54, 1.807) is 0 Å². The fourth-order valence-corrected chi connectivity index (χ4v) is 2.83. The van der Waals surface area contributed by atoms with E-state index in [1.807, 2.05) is 37.4 Å². The Balaban J connectivity index is 1.92. The standard InChI is InChI=1S/C17H18ClNO2/c1-19-15(11-12-5-2-3-7-14(12)18)13-6-4-8-16-17(13)21-10-9-20-16/h2-8,15,19H,9-11H2,1H3. The van der Waals surface area contributed by atoms with E-state index in [9.17, 15) is 0 Å². The van der Waals surface area contributed by atoms with E-state index in [1.165, 1.54) is 0 Å². The third-order valence-electron chi connectivity index (χ3n) is 3.70. The smallest absolute Gasteiger partial charge is 0.166 e. The molecule has 0 aromatic heterocycles. The van der Waals surface area contributed by atoms with Crippen molar-refractivity contribution in [3.05, 3.63) is 58.6 Å². The second-order valence-corrected chi connectivity index (χ2v) is 5.42. The van der Waals surface area contributed by atoms with Gasteiger partial charge < -0.3 is 14.8 Å². The molecule has 1 aliphatic rings. The lowest BCUT2D eigenvalue weighted by Crippen LogP contribution is -2.23. The van der Waals surface area contributed by atoms with E-state index in [-0.39, 0.29) is 6.04 Å². The average Bonchev–Trinajstić information content (AvgIpc) is 2.54. The molecule has 1 atom stereocenters. The SMILES string of the molecule is CNC(Cc1ccccc1Cl)c1cccc2c1OCCO2. The molecule has 2 aromatic carbocycles. The molecule has 0 spiro atoms. The zero-order chi connectivity index (χ0) is 14.7. The summed E-state index contributed by atoms with van der Waals surface area (Å²) in [6.45, 7) is 1.19. The monoisotopic (exact) mass is 303 g/mol. The second kappa shape index (κ2) is 6.37. The fraction of sp³-hybridized carbons (Fsp3) is 0.294. The molecule has 3 nitrogen and oxygen atoms in total. The van der Waals surface area contributed by atoms with Crippen LogP contribution in [-0.2, 0) is 6.42 Å². The highest BCUT2D eigenvalue weighted by Gasteiger charge is 2.21. The Labute approximate surface area is 129 Å². The van der Waals surface area contributed by atoms with Crippen LogP contribution in [0.15, 0.2) is 42.5 Å². The van der Waals surface area contributed by atoms with E-state index in [2.05, 4.69) is 17.4 Å². The van der Waals surface area contributed by atoms with Crippen LogP contribution in [0.3, 0.4) is 0 Å². The third-order valence-corrected chi connectivity index (χ3v) is 4.07. The predicted octanol–water partition coefficient (Wildman–Crippen LogP) is 3.61. The van der Waals surface area contributed by atoms with E-state index in [4.69, 9.17) is 21.1 Å². The van der Waals surface area contributed by atoms with E-state index < -0.39 is 0 Å². The van der Waals surface area contributed by atoms with Crippen molar-refractivity contribution in [2.24, 2.45) is 0 Å². The number of rotatable bonds is 4. The average molecular weight is 304 g/mol. The maximum atomic E-state index is 6.27. The number of nitrogens with one attached hydrogen (secondary N) is 1. The van der Waals surface area contributed by atoms with Gasteiger partial charge in [0.25, 0.3) is 0 Å². The first-order chi connectivity index (χ1) is 10.3. The van der Waals surface area contributed by atoms with Gasteiger partial charge in [-0.3, -0.25) is 0 Å². The minimum absolute atomic E-state index is 0.126. The molecule has 0 bridgehead atoms. The van der Waals surface area contributed by atoms with Crippen LogP contribution < -0.4 is 14.8 Å². The van der Waals surface area contributed by atoms with Gasteiger partial charge in [0.15, 0.2) is 11.5 Å². The van der Waals surface area contributed by atoms with Gasteiger partial charge in [0.05, 0.1) is 0 Å². The normalized spacial score (nSPS) is 14.8. The molecule has 21 heavy (non-hydrogen) atoms. The van der Waals surface area contributed by atoms with Crippen LogP contribution >= 0.6 is 11.6 Å². The molecule has 4 heteroatoms. The maximum Gasteiger partial charge on any atom is 0.166 e. The Kier molecular flexibility index (Phi) is 4.32. The second-order valence-electron chi connectivity index (χ2n) is 5.01. The van der Waals surface area contributed by atoms with Gasteiger partial charge in [-0.15, -0.1) is 0 Å². The highest BCUT2D eigenvalue weighted by Crippen LogP contribution is 2.38.